The second-order valence-electron chi connectivity index (χ2n) is 16.6. The summed E-state index contributed by atoms with van der Waals surface area (Å²) in [6.07, 6.45) is -1.85. The number of aromatic nitrogens is 2. The number of ether oxygens (including phenoxy) is 4. The molecule has 5 rings (SSSR count). The fourth-order valence-corrected chi connectivity index (χ4v) is 7.51. The normalized spacial score (nSPS) is 18.1. The molecule has 0 saturated carbocycles. The molecule has 0 fully saturated rings. The van der Waals surface area contributed by atoms with Gasteiger partial charge in [0.05, 0.1) is 35.4 Å². The molecule has 0 radical (unpaired) electrons. The summed E-state index contributed by atoms with van der Waals surface area (Å²) >= 11 is 0. The van der Waals surface area contributed by atoms with Gasteiger partial charge in [0.25, 0.3) is 5.56 Å². The number of carbonyl (C=O) groups excluding carboxylic acids is 4. The molecule has 0 bridgehead atoms. The summed E-state index contributed by atoms with van der Waals surface area (Å²) in [6, 6.07) is 9.76. The Bertz CT molecular complexity index is 1990. The van der Waals surface area contributed by atoms with Gasteiger partial charge in [-0.2, -0.15) is 0 Å². The number of hydrogen-bond donors (Lipinski definition) is 2. The number of carbonyl (C=O) groups is 4. The van der Waals surface area contributed by atoms with Crippen LogP contribution in [-0.4, -0.2) is 59.5 Å². The van der Waals surface area contributed by atoms with E-state index in [0.717, 1.165) is 17.0 Å². The number of hydrogen-bond acceptors (Lipinski definition) is 10. The molecule has 0 saturated heterocycles. The van der Waals surface area contributed by atoms with Gasteiger partial charge in [-0.05, 0) is 84.7 Å². The van der Waals surface area contributed by atoms with Gasteiger partial charge in [0.1, 0.15) is 17.3 Å². The van der Waals surface area contributed by atoms with Crippen molar-refractivity contribution in [3.63, 3.8) is 0 Å². The molecule has 2 aliphatic heterocycles. The molecule has 2 N–H and O–H groups in total. The molecule has 14 heteroatoms. The number of fused-ring (bicyclic) bond motifs is 5. The molecule has 2 aromatic heterocycles. The van der Waals surface area contributed by atoms with Crippen molar-refractivity contribution in [2.75, 3.05) is 11.9 Å². The van der Waals surface area contributed by atoms with Crippen molar-refractivity contribution >= 4 is 48.8 Å². The van der Waals surface area contributed by atoms with Gasteiger partial charge < -0.3 is 28.8 Å². The van der Waals surface area contributed by atoms with Gasteiger partial charge in [0, 0.05) is 36.8 Å². The largest absolute Gasteiger partial charge is 0.454 e. The molecule has 13 nitrogen and oxygen atoms in total. The summed E-state index contributed by atoms with van der Waals surface area (Å²) < 4.78 is 24.3. The van der Waals surface area contributed by atoms with Crippen LogP contribution in [0.5, 0.6) is 0 Å². The van der Waals surface area contributed by atoms with Crippen LogP contribution < -0.4 is 16.2 Å². The molecule has 2 amide bonds. The van der Waals surface area contributed by atoms with Crippen molar-refractivity contribution < 1.29 is 38.1 Å². The van der Waals surface area contributed by atoms with E-state index in [2.05, 4.69) is 30.3 Å². The van der Waals surface area contributed by atoms with E-state index in [0.29, 0.717) is 40.1 Å². The number of nitrogens with one attached hydrogen (secondary N) is 2. The zero-order valence-electron chi connectivity index (χ0n) is 31.8. The molecule has 2 unspecified atom stereocenters. The maximum Gasteiger partial charge on any atom is 0.412 e. The van der Waals surface area contributed by atoms with E-state index < -0.39 is 55.1 Å². The minimum atomic E-state index is -1.88. The zero-order chi connectivity index (χ0) is 38.4. The summed E-state index contributed by atoms with van der Waals surface area (Å²) in [7, 11) is -1.61. The van der Waals surface area contributed by atoms with Crippen molar-refractivity contribution in [1.82, 2.24) is 14.9 Å². The average Bonchev–Trinajstić information content (AvgIpc) is 3.35. The van der Waals surface area contributed by atoms with Crippen molar-refractivity contribution in [2.24, 2.45) is 0 Å². The van der Waals surface area contributed by atoms with Gasteiger partial charge in [-0.3, -0.25) is 14.9 Å². The number of nitrogens with zero attached hydrogens (tertiary/aromatic N) is 2. The van der Waals surface area contributed by atoms with Crippen LogP contribution in [0.15, 0.2) is 35.1 Å². The minimum absolute atomic E-state index is 0.0130. The van der Waals surface area contributed by atoms with Crippen LogP contribution in [0.4, 0.5) is 15.3 Å². The first-order valence-electron chi connectivity index (χ1n) is 17.7. The fourth-order valence-electron chi connectivity index (χ4n) is 6.38. The maximum atomic E-state index is 14.5. The molecular weight excluding hydrogens is 685 g/mol. The number of alkyl carbamates (subject to hydrolysis) is 1. The topological polar surface area (TPSA) is 164 Å². The van der Waals surface area contributed by atoms with Crippen molar-refractivity contribution in [2.45, 2.75) is 123 Å². The quantitative estimate of drug-likeness (QED) is 0.102. The van der Waals surface area contributed by atoms with Crippen LogP contribution in [0.3, 0.4) is 0 Å². The third kappa shape index (κ3) is 8.49. The van der Waals surface area contributed by atoms with Gasteiger partial charge in [0.2, 0.25) is 5.60 Å². The molecule has 1 aromatic carbocycles. The summed E-state index contributed by atoms with van der Waals surface area (Å²) in [5, 5.41) is 6.04. The third-order valence-electron chi connectivity index (χ3n) is 8.72. The standard InChI is InChI=1S/C38H50N4O9Si/c1-11-38(49-29(43)14-16-39-34(46)50-36(2,3)4)25-20-27-31-23(18-22-19-24(12-13-26(22)41-31)40-35(47)51-37(5,6)7)21-42(27)32(44)30(25)28(48-33(38)45)15-17-52(8,9)10/h12-13,18-20,28H,11,14-17,21H2,1-10H3,(H,39,46)(H,40,47). The average molecular weight is 735 g/mol. The number of anilines is 1. The monoisotopic (exact) mass is 734 g/mol. The van der Waals surface area contributed by atoms with Crippen molar-refractivity contribution in [3.8, 4) is 11.4 Å². The van der Waals surface area contributed by atoms with Crippen LogP contribution in [0.25, 0.3) is 22.3 Å². The minimum Gasteiger partial charge on any atom is -0.454 e. The molecular formula is C38H50N4O9Si. The third-order valence-corrected chi connectivity index (χ3v) is 10.5. The molecule has 0 aliphatic carbocycles. The molecule has 2 atom stereocenters. The van der Waals surface area contributed by atoms with Gasteiger partial charge >= 0.3 is 24.1 Å². The number of esters is 2. The maximum absolute atomic E-state index is 14.5. The van der Waals surface area contributed by atoms with E-state index in [1.54, 1.807) is 77.3 Å². The number of benzene rings is 1. The molecule has 4 heterocycles. The molecule has 280 valence electrons. The van der Waals surface area contributed by atoms with Crippen LogP contribution >= 0.6 is 0 Å². The van der Waals surface area contributed by atoms with E-state index in [1.165, 1.54) is 0 Å². The Kier molecular flexibility index (Phi) is 10.4. The lowest BCUT2D eigenvalue weighted by Crippen LogP contribution is -2.49. The van der Waals surface area contributed by atoms with Gasteiger partial charge in [-0.1, -0.05) is 32.6 Å². The predicted molar refractivity (Wildman–Crippen MR) is 199 cm³/mol. The lowest BCUT2D eigenvalue weighted by molar-refractivity contribution is -0.193. The summed E-state index contributed by atoms with van der Waals surface area (Å²) in [4.78, 5) is 71.3. The van der Waals surface area contributed by atoms with Crippen LogP contribution in [0.1, 0.15) is 90.5 Å². The number of amides is 2. The Balaban J connectivity index is 1.53. The second kappa shape index (κ2) is 14.0. The van der Waals surface area contributed by atoms with E-state index in [-0.39, 0.29) is 31.5 Å². The first kappa shape index (κ1) is 38.5. The van der Waals surface area contributed by atoms with E-state index in [4.69, 9.17) is 23.9 Å². The highest BCUT2D eigenvalue weighted by atomic mass is 28.3. The first-order chi connectivity index (χ1) is 24.1. The Labute approximate surface area is 304 Å². The highest BCUT2D eigenvalue weighted by molar-refractivity contribution is 6.76. The summed E-state index contributed by atoms with van der Waals surface area (Å²) in [5.74, 6) is -1.49. The molecule has 2 aliphatic rings. The fraction of sp³-hybridized carbons (Fsp3) is 0.526. The Hall–Kier alpha value is -4.72. The van der Waals surface area contributed by atoms with Gasteiger partial charge in [-0.15, -0.1) is 0 Å². The Morgan fingerprint density at radius 1 is 1.00 bits per heavy atom. The Morgan fingerprint density at radius 3 is 2.31 bits per heavy atom. The van der Waals surface area contributed by atoms with Crippen molar-refractivity contribution in [1.29, 1.82) is 0 Å². The molecule has 0 spiro atoms. The molecule has 52 heavy (non-hydrogen) atoms. The number of pyridine rings is 2. The number of rotatable bonds is 9. The second-order valence-corrected chi connectivity index (χ2v) is 22.2. The zero-order valence-corrected chi connectivity index (χ0v) is 32.8. The lowest BCUT2D eigenvalue weighted by atomic mass is 9.82. The SMILES string of the molecule is CCC1(OC(=O)CCNC(=O)OC(C)(C)C)C(=O)OC(CC[Si](C)(C)C)c2c1cc1n(c2=O)Cc2cc3cc(NC(=O)OC(C)(C)C)ccc3nc2-1. The Morgan fingerprint density at radius 2 is 1.67 bits per heavy atom. The smallest absolute Gasteiger partial charge is 0.412 e. The van der Waals surface area contributed by atoms with Crippen LogP contribution in [0.2, 0.25) is 25.7 Å². The van der Waals surface area contributed by atoms with Crippen LogP contribution in [0, 0.1) is 0 Å². The number of cyclic esters (lactones) is 1. The molecule has 3 aromatic rings. The highest BCUT2D eigenvalue weighted by Gasteiger charge is 2.53. The van der Waals surface area contributed by atoms with Crippen LogP contribution in [-0.2, 0) is 40.7 Å². The van der Waals surface area contributed by atoms with E-state index >= 15 is 0 Å². The first-order valence-corrected chi connectivity index (χ1v) is 21.4. The summed E-state index contributed by atoms with van der Waals surface area (Å²) in [5.41, 5.74) is -0.00110. The highest BCUT2D eigenvalue weighted by Crippen LogP contribution is 2.46. The van der Waals surface area contributed by atoms with Crippen molar-refractivity contribution in [3.05, 3.63) is 57.4 Å². The predicted octanol–water partition coefficient (Wildman–Crippen LogP) is 7.16. The van der Waals surface area contributed by atoms with Gasteiger partial charge in [0.15, 0.2) is 0 Å². The summed E-state index contributed by atoms with van der Waals surface area (Å²) in [6.45, 7) is 19.0. The van der Waals surface area contributed by atoms with E-state index in [1.807, 2.05) is 6.07 Å². The van der Waals surface area contributed by atoms with Gasteiger partial charge in [-0.25, -0.2) is 19.4 Å². The lowest BCUT2D eigenvalue weighted by Gasteiger charge is -2.39. The van der Waals surface area contributed by atoms with E-state index in [9.17, 15) is 24.0 Å².